The molecule has 1 aliphatic rings. The first-order valence-corrected chi connectivity index (χ1v) is 6.31. The lowest BCUT2D eigenvalue weighted by Crippen LogP contribution is -2.42. The Hall–Kier alpha value is -1.35. The van der Waals surface area contributed by atoms with Gasteiger partial charge in [0.2, 0.25) is 5.91 Å². The van der Waals surface area contributed by atoms with Gasteiger partial charge in [0.1, 0.15) is 0 Å². The van der Waals surface area contributed by atoms with Crippen molar-refractivity contribution in [2.75, 3.05) is 19.6 Å². The molecule has 0 unspecified atom stereocenters. The van der Waals surface area contributed by atoms with E-state index in [0.717, 1.165) is 31.5 Å². The van der Waals surface area contributed by atoms with Crippen molar-refractivity contribution in [3.05, 3.63) is 35.9 Å². The third kappa shape index (κ3) is 3.30. The lowest BCUT2D eigenvalue weighted by atomic mass is 9.97. The van der Waals surface area contributed by atoms with Crippen LogP contribution in [0.25, 0.3) is 0 Å². The zero-order valence-corrected chi connectivity index (χ0v) is 10.1. The zero-order chi connectivity index (χ0) is 12.1. The third-order valence-corrected chi connectivity index (χ3v) is 3.40. The van der Waals surface area contributed by atoms with E-state index in [4.69, 9.17) is 5.73 Å². The van der Waals surface area contributed by atoms with Crippen molar-refractivity contribution in [3.8, 4) is 0 Å². The minimum absolute atomic E-state index is 0.231. The molecule has 0 aliphatic carbocycles. The Kier molecular flexibility index (Phi) is 4.15. The van der Waals surface area contributed by atoms with Gasteiger partial charge >= 0.3 is 0 Å². The Bertz CT molecular complexity index is 364. The number of piperidine rings is 1. The highest BCUT2D eigenvalue weighted by molar-refractivity contribution is 5.78. The molecule has 1 aliphatic heterocycles. The summed E-state index contributed by atoms with van der Waals surface area (Å²) in [6.07, 6.45) is 2.76. The first-order chi connectivity index (χ1) is 8.29. The summed E-state index contributed by atoms with van der Waals surface area (Å²) in [4.78, 5) is 14.1. The van der Waals surface area contributed by atoms with E-state index in [9.17, 15) is 4.79 Å². The quantitative estimate of drug-likeness (QED) is 0.857. The van der Waals surface area contributed by atoms with Crippen LogP contribution in [0.5, 0.6) is 0 Å². The van der Waals surface area contributed by atoms with Gasteiger partial charge in [-0.2, -0.15) is 0 Å². The van der Waals surface area contributed by atoms with Crippen LogP contribution in [0.4, 0.5) is 0 Å². The summed E-state index contributed by atoms with van der Waals surface area (Å²) < 4.78 is 0. The average molecular weight is 232 g/mol. The van der Waals surface area contributed by atoms with Crippen molar-refractivity contribution in [2.24, 2.45) is 11.7 Å². The molecule has 2 N–H and O–H groups in total. The topological polar surface area (TPSA) is 46.3 Å². The van der Waals surface area contributed by atoms with Gasteiger partial charge in [0.25, 0.3) is 0 Å². The molecule has 0 aromatic heterocycles. The van der Waals surface area contributed by atoms with Crippen LogP contribution < -0.4 is 5.73 Å². The van der Waals surface area contributed by atoms with Crippen molar-refractivity contribution >= 4 is 5.91 Å². The van der Waals surface area contributed by atoms with Crippen LogP contribution in [0, 0.1) is 5.92 Å². The van der Waals surface area contributed by atoms with E-state index < -0.39 is 0 Å². The van der Waals surface area contributed by atoms with Crippen LogP contribution >= 0.6 is 0 Å². The fourth-order valence-corrected chi connectivity index (χ4v) is 2.37. The van der Waals surface area contributed by atoms with Gasteiger partial charge in [0, 0.05) is 13.1 Å². The molecule has 2 rings (SSSR count). The Morgan fingerprint density at radius 1 is 1.35 bits per heavy atom. The summed E-state index contributed by atoms with van der Waals surface area (Å²) in [5, 5.41) is 0. The number of carbonyl (C=O) groups is 1. The normalized spacial score (nSPS) is 20.3. The molecular weight excluding hydrogens is 212 g/mol. The predicted octanol–water partition coefficient (Wildman–Crippen LogP) is 1.43. The number of rotatable bonds is 3. The fraction of sp³-hybridized carbons (Fsp3) is 0.500. The van der Waals surface area contributed by atoms with Crippen molar-refractivity contribution < 1.29 is 4.79 Å². The predicted molar refractivity (Wildman–Crippen MR) is 68.5 cm³/mol. The van der Waals surface area contributed by atoms with E-state index in [1.807, 2.05) is 35.2 Å². The molecule has 17 heavy (non-hydrogen) atoms. The number of nitrogens with zero attached hydrogens (tertiary/aromatic N) is 1. The summed E-state index contributed by atoms with van der Waals surface area (Å²) in [5.41, 5.74) is 6.77. The van der Waals surface area contributed by atoms with Crippen LogP contribution in [-0.2, 0) is 11.2 Å². The van der Waals surface area contributed by atoms with Crippen LogP contribution in [0.3, 0.4) is 0 Å². The molecule has 1 aromatic rings. The van der Waals surface area contributed by atoms with Crippen molar-refractivity contribution in [3.63, 3.8) is 0 Å². The first-order valence-electron chi connectivity index (χ1n) is 6.31. The number of nitrogens with two attached hydrogens (primary N) is 1. The molecule has 92 valence electrons. The van der Waals surface area contributed by atoms with Gasteiger partial charge in [-0.3, -0.25) is 4.79 Å². The Morgan fingerprint density at radius 3 is 2.82 bits per heavy atom. The second-order valence-corrected chi connectivity index (χ2v) is 4.75. The molecule has 1 saturated heterocycles. The summed E-state index contributed by atoms with van der Waals surface area (Å²) >= 11 is 0. The van der Waals surface area contributed by atoms with Crippen LogP contribution in [0.2, 0.25) is 0 Å². The lowest BCUT2D eigenvalue weighted by Gasteiger charge is -2.32. The number of amides is 1. The van der Waals surface area contributed by atoms with E-state index in [2.05, 4.69) is 0 Å². The van der Waals surface area contributed by atoms with E-state index >= 15 is 0 Å². The largest absolute Gasteiger partial charge is 0.342 e. The van der Waals surface area contributed by atoms with Crippen molar-refractivity contribution in [1.29, 1.82) is 0 Å². The molecule has 0 spiro atoms. The van der Waals surface area contributed by atoms with Crippen molar-refractivity contribution in [2.45, 2.75) is 19.3 Å². The Balaban J connectivity index is 1.91. The second-order valence-electron chi connectivity index (χ2n) is 4.75. The summed E-state index contributed by atoms with van der Waals surface area (Å²) in [6, 6.07) is 9.92. The zero-order valence-electron chi connectivity index (χ0n) is 10.1. The number of likely N-dealkylation sites (tertiary alicyclic amines) is 1. The molecule has 0 bridgehead atoms. The molecule has 1 heterocycles. The fourth-order valence-electron chi connectivity index (χ4n) is 2.37. The van der Waals surface area contributed by atoms with Gasteiger partial charge in [0.15, 0.2) is 0 Å². The van der Waals surface area contributed by atoms with Gasteiger partial charge in [0.05, 0.1) is 6.42 Å². The number of carbonyl (C=O) groups excluding carboxylic acids is 1. The van der Waals surface area contributed by atoms with Crippen molar-refractivity contribution in [1.82, 2.24) is 4.90 Å². The Morgan fingerprint density at radius 2 is 2.12 bits per heavy atom. The van der Waals surface area contributed by atoms with Gasteiger partial charge in [-0.1, -0.05) is 30.3 Å². The van der Waals surface area contributed by atoms with E-state index in [1.165, 1.54) is 0 Å². The second kappa shape index (κ2) is 5.82. The molecule has 0 saturated carbocycles. The van der Waals surface area contributed by atoms with Crippen LogP contribution in [0.1, 0.15) is 18.4 Å². The summed E-state index contributed by atoms with van der Waals surface area (Å²) in [7, 11) is 0. The smallest absolute Gasteiger partial charge is 0.226 e. The summed E-state index contributed by atoms with van der Waals surface area (Å²) in [5.74, 6) is 0.720. The number of benzene rings is 1. The molecule has 3 heteroatoms. The molecule has 1 amide bonds. The van der Waals surface area contributed by atoms with Crippen LogP contribution in [-0.4, -0.2) is 30.4 Å². The van der Waals surface area contributed by atoms with Gasteiger partial charge in [-0.15, -0.1) is 0 Å². The lowest BCUT2D eigenvalue weighted by molar-refractivity contribution is -0.132. The van der Waals surface area contributed by atoms with Gasteiger partial charge < -0.3 is 10.6 Å². The standard InChI is InChI=1S/C14H20N2O/c15-10-13-7-4-8-16(11-13)14(17)9-12-5-2-1-3-6-12/h1-3,5-6,13H,4,7-11,15H2/t13-/m1/s1. The molecule has 1 fully saturated rings. The maximum absolute atomic E-state index is 12.1. The number of hydrogen-bond donors (Lipinski definition) is 1. The van der Waals surface area contributed by atoms with E-state index in [1.54, 1.807) is 0 Å². The van der Waals surface area contributed by atoms with Gasteiger partial charge in [-0.25, -0.2) is 0 Å². The molecule has 1 atom stereocenters. The van der Waals surface area contributed by atoms with E-state index in [-0.39, 0.29) is 5.91 Å². The highest BCUT2D eigenvalue weighted by atomic mass is 16.2. The molecule has 1 aromatic carbocycles. The van der Waals surface area contributed by atoms with Crippen LogP contribution in [0.15, 0.2) is 30.3 Å². The highest BCUT2D eigenvalue weighted by Gasteiger charge is 2.22. The molecular formula is C14H20N2O. The van der Waals surface area contributed by atoms with Gasteiger partial charge in [-0.05, 0) is 30.9 Å². The van der Waals surface area contributed by atoms with E-state index in [0.29, 0.717) is 18.9 Å². The maximum atomic E-state index is 12.1. The number of hydrogen-bond acceptors (Lipinski definition) is 2. The average Bonchev–Trinajstić information content (AvgIpc) is 2.40. The SMILES string of the molecule is NC[C@H]1CCCN(C(=O)Cc2ccccc2)C1. The molecule has 3 nitrogen and oxygen atoms in total. The summed E-state index contributed by atoms with van der Waals surface area (Å²) in [6.45, 7) is 2.42. The maximum Gasteiger partial charge on any atom is 0.226 e. The third-order valence-electron chi connectivity index (χ3n) is 3.40. The minimum atomic E-state index is 0.231. The highest BCUT2D eigenvalue weighted by Crippen LogP contribution is 2.16. The minimum Gasteiger partial charge on any atom is -0.342 e. The monoisotopic (exact) mass is 232 g/mol. The Labute approximate surface area is 103 Å². The first kappa shape index (κ1) is 12.1. The molecule has 0 radical (unpaired) electrons.